The van der Waals surface area contributed by atoms with Gasteiger partial charge in [0, 0.05) is 11.5 Å². The third kappa shape index (κ3) is 5.49. The van der Waals surface area contributed by atoms with E-state index in [0.717, 1.165) is 38.5 Å². The first kappa shape index (κ1) is 18.7. The molecule has 1 aromatic rings. The molecule has 0 N–H and O–H groups in total. The smallest absolute Gasteiger partial charge is 0.142 e. The zero-order valence-electron chi connectivity index (χ0n) is 13.8. The summed E-state index contributed by atoms with van der Waals surface area (Å²) in [5, 5.41) is 0. The first-order valence-electron chi connectivity index (χ1n) is 8.51. The highest BCUT2D eigenvalue weighted by atomic mass is 35.5. The Morgan fingerprint density at radius 2 is 1.83 bits per heavy atom. The van der Waals surface area contributed by atoms with Crippen molar-refractivity contribution in [3.8, 4) is 11.8 Å². The van der Waals surface area contributed by atoms with Gasteiger partial charge in [-0.1, -0.05) is 35.6 Å². The summed E-state index contributed by atoms with van der Waals surface area (Å²) in [6.45, 7) is 3.65. The summed E-state index contributed by atoms with van der Waals surface area (Å²) >= 11 is 5.60. The number of allylic oxidation sites excluding steroid dienone is 2. The number of hydrogen-bond acceptors (Lipinski definition) is 0. The predicted octanol–water partition coefficient (Wildman–Crippen LogP) is 6.38. The van der Waals surface area contributed by atoms with Crippen molar-refractivity contribution in [1.29, 1.82) is 0 Å². The summed E-state index contributed by atoms with van der Waals surface area (Å²) in [6.07, 6.45) is 10.1. The summed E-state index contributed by atoms with van der Waals surface area (Å²) in [4.78, 5) is 0. The quantitative estimate of drug-likeness (QED) is 0.329. The maximum Gasteiger partial charge on any atom is 0.142 e. The summed E-state index contributed by atoms with van der Waals surface area (Å²) in [5.74, 6) is 5.37. The van der Waals surface area contributed by atoms with Crippen molar-refractivity contribution in [1.82, 2.24) is 0 Å². The van der Waals surface area contributed by atoms with E-state index in [9.17, 15) is 8.78 Å². The minimum Gasteiger partial charge on any atom is -0.206 e. The normalized spacial score (nSPS) is 20.6. The molecule has 0 unspecified atom stereocenters. The Bertz CT molecular complexity index is 621. The Morgan fingerprint density at radius 3 is 2.42 bits per heavy atom. The Morgan fingerprint density at radius 1 is 1.17 bits per heavy atom. The zero-order valence-corrected chi connectivity index (χ0v) is 14.6. The van der Waals surface area contributed by atoms with E-state index in [-0.39, 0.29) is 11.5 Å². The van der Waals surface area contributed by atoms with Crippen LogP contribution in [0.4, 0.5) is 8.78 Å². The van der Waals surface area contributed by atoms with Crippen molar-refractivity contribution in [3.05, 3.63) is 59.2 Å². The fraction of sp³-hybridized carbons (Fsp3) is 0.429. The van der Waals surface area contributed by atoms with E-state index in [2.05, 4.69) is 18.4 Å². The van der Waals surface area contributed by atoms with E-state index in [1.54, 1.807) is 5.54 Å². The summed E-state index contributed by atoms with van der Waals surface area (Å²) in [7, 11) is 0. The third-order valence-electron chi connectivity index (χ3n) is 4.49. The zero-order chi connectivity index (χ0) is 17.4. The molecule has 0 bridgehead atoms. The van der Waals surface area contributed by atoms with Gasteiger partial charge in [0.25, 0.3) is 0 Å². The highest BCUT2D eigenvalue weighted by Gasteiger charge is 2.18. The molecule has 0 aliphatic heterocycles. The number of aryl methyl sites for hydroxylation is 1. The molecule has 0 spiro atoms. The maximum absolute atomic E-state index is 14.2. The lowest BCUT2D eigenvalue weighted by Crippen LogP contribution is -2.11. The van der Waals surface area contributed by atoms with E-state index in [0.29, 0.717) is 17.9 Å². The first-order chi connectivity index (χ1) is 11.6. The van der Waals surface area contributed by atoms with Gasteiger partial charge in [0.2, 0.25) is 0 Å². The van der Waals surface area contributed by atoms with Gasteiger partial charge < -0.3 is 0 Å². The molecule has 0 radical (unpaired) electrons. The fourth-order valence-electron chi connectivity index (χ4n) is 3.07. The molecule has 0 amide bonds. The summed E-state index contributed by atoms with van der Waals surface area (Å²) in [6, 6.07) is 2.80. The Balaban J connectivity index is 2.02. The molecule has 0 nitrogen and oxygen atoms in total. The van der Waals surface area contributed by atoms with Crippen LogP contribution in [0.15, 0.2) is 36.4 Å². The molecule has 0 heterocycles. The van der Waals surface area contributed by atoms with E-state index in [4.69, 9.17) is 11.6 Å². The van der Waals surface area contributed by atoms with Crippen molar-refractivity contribution in [3.63, 3.8) is 0 Å². The average Bonchev–Trinajstić information content (AvgIpc) is 2.56. The second-order valence-corrected chi connectivity index (χ2v) is 6.57. The van der Waals surface area contributed by atoms with Gasteiger partial charge in [0.1, 0.15) is 11.6 Å². The molecule has 1 aliphatic rings. The van der Waals surface area contributed by atoms with Gasteiger partial charge >= 0.3 is 0 Å². The topological polar surface area (TPSA) is 0 Å². The lowest BCUT2D eigenvalue weighted by Gasteiger charge is -2.22. The van der Waals surface area contributed by atoms with Crippen LogP contribution >= 0.6 is 11.6 Å². The van der Waals surface area contributed by atoms with Gasteiger partial charge in [0.15, 0.2) is 0 Å². The minimum absolute atomic E-state index is 0.106. The first-order valence-corrected chi connectivity index (χ1v) is 8.95. The van der Waals surface area contributed by atoms with Crippen LogP contribution in [0.25, 0.3) is 0 Å². The summed E-state index contributed by atoms with van der Waals surface area (Å²) in [5.41, 5.74) is 2.13. The predicted molar refractivity (Wildman–Crippen MR) is 96.8 cm³/mol. The number of halogens is 3. The molecule has 1 fully saturated rings. The molecular weight excluding hydrogens is 326 g/mol. The Kier molecular flexibility index (Phi) is 7.53. The monoisotopic (exact) mass is 348 g/mol. The summed E-state index contributed by atoms with van der Waals surface area (Å²) < 4.78 is 28.3. The van der Waals surface area contributed by atoms with E-state index < -0.39 is 11.6 Å². The van der Waals surface area contributed by atoms with Crippen LogP contribution in [0, 0.1) is 35.3 Å². The highest BCUT2D eigenvalue weighted by Crippen LogP contribution is 2.29. The molecule has 0 atom stereocenters. The van der Waals surface area contributed by atoms with Gasteiger partial charge in [-0.2, -0.15) is 0 Å². The molecule has 1 aliphatic carbocycles. The Labute approximate surface area is 148 Å². The largest absolute Gasteiger partial charge is 0.206 e. The molecule has 3 heteroatoms. The SMILES string of the molecule is C=CCCCc1cc(F)c(C#CC2CCC(/C=C/Cl)CC2)c(F)c1. The fourth-order valence-corrected chi connectivity index (χ4v) is 3.28. The second-order valence-electron chi connectivity index (χ2n) is 6.31. The lowest BCUT2D eigenvalue weighted by atomic mass is 9.82. The van der Waals surface area contributed by atoms with E-state index in [1.165, 1.54) is 12.1 Å². The van der Waals surface area contributed by atoms with E-state index >= 15 is 0 Å². The van der Waals surface area contributed by atoms with Crippen molar-refractivity contribution in [2.24, 2.45) is 11.8 Å². The molecule has 0 aromatic heterocycles. The minimum atomic E-state index is -0.560. The Hall–Kier alpha value is -1.59. The highest BCUT2D eigenvalue weighted by molar-refractivity contribution is 6.25. The second kappa shape index (κ2) is 9.64. The number of rotatable bonds is 5. The van der Waals surface area contributed by atoms with Crippen LogP contribution in [-0.2, 0) is 6.42 Å². The average molecular weight is 349 g/mol. The number of hydrogen-bond donors (Lipinski definition) is 0. The van der Waals surface area contributed by atoms with Crippen LogP contribution in [0.1, 0.15) is 49.7 Å². The van der Waals surface area contributed by atoms with Crippen molar-refractivity contribution in [2.75, 3.05) is 0 Å². The third-order valence-corrected chi connectivity index (χ3v) is 4.64. The molecule has 128 valence electrons. The molecule has 2 rings (SSSR count). The van der Waals surface area contributed by atoms with Crippen molar-refractivity contribution < 1.29 is 8.78 Å². The lowest BCUT2D eigenvalue weighted by molar-refractivity contribution is 0.365. The molecular formula is C21H23ClF2. The van der Waals surface area contributed by atoms with Crippen molar-refractivity contribution >= 4 is 11.6 Å². The molecule has 1 saturated carbocycles. The van der Waals surface area contributed by atoms with Crippen LogP contribution in [0.5, 0.6) is 0 Å². The van der Waals surface area contributed by atoms with Gasteiger partial charge in [-0.25, -0.2) is 8.78 Å². The van der Waals surface area contributed by atoms with Crippen LogP contribution < -0.4 is 0 Å². The van der Waals surface area contributed by atoms with Gasteiger partial charge in [-0.3, -0.25) is 0 Å². The number of benzene rings is 1. The van der Waals surface area contributed by atoms with E-state index in [1.807, 2.05) is 12.2 Å². The van der Waals surface area contributed by atoms with Crippen LogP contribution in [0.3, 0.4) is 0 Å². The van der Waals surface area contributed by atoms with Crippen molar-refractivity contribution in [2.45, 2.75) is 44.9 Å². The number of unbranched alkanes of at least 4 members (excludes halogenated alkanes) is 1. The molecule has 0 saturated heterocycles. The molecule has 24 heavy (non-hydrogen) atoms. The van der Waals surface area contributed by atoms with Gasteiger partial charge in [0.05, 0.1) is 5.56 Å². The van der Waals surface area contributed by atoms with Crippen LogP contribution in [0.2, 0.25) is 0 Å². The maximum atomic E-state index is 14.2. The van der Waals surface area contributed by atoms with Gasteiger partial charge in [-0.15, -0.1) is 6.58 Å². The standard InChI is InChI=1S/C21H23ClF2/c1-2-3-4-5-18-14-20(23)19(21(24)15-18)11-10-16-6-8-17(9-7-16)12-13-22/h2,12-17H,1,3-9H2/b13-12+. The van der Waals surface area contributed by atoms with Crippen LogP contribution in [-0.4, -0.2) is 0 Å². The van der Waals surface area contributed by atoms with Gasteiger partial charge in [-0.05, 0) is 68.6 Å². The molecule has 1 aromatic carbocycles.